The van der Waals surface area contributed by atoms with Gasteiger partial charge in [-0.25, -0.2) is 0 Å². The van der Waals surface area contributed by atoms with E-state index in [0.29, 0.717) is 24.3 Å². The number of benzene rings is 1. The van der Waals surface area contributed by atoms with Crippen LogP contribution in [0.25, 0.3) is 0 Å². The highest BCUT2D eigenvalue weighted by Gasteiger charge is 2.34. The number of nitro benzene ring substituents is 1. The highest BCUT2D eigenvalue weighted by molar-refractivity contribution is 5.75. The van der Waals surface area contributed by atoms with E-state index in [1.165, 1.54) is 19.2 Å². The van der Waals surface area contributed by atoms with Crippen LogP contribution in [-0.2, 0) is 4.79 Å². The quantitative estimate of drug-likeness (QED) is 0.565. The van der Waals surface area contributed by atoms with Crippen LogP contribution in [0.3, 0.4) is 0 Å². The lowest BCUT2D eigenvalue weighted by Crippen LogP contribution is -2.36. The van der Waals surface area contributed by atoms with Crippen molar-refractivity contribution < 1.29 is 19.6 Å². The van der Waals surface area contributed by atoms with E-state index in [0.717, 1.165) is 0 Å². The lowest BCUT2D eigenvalue weighted by Gasteiger charge is -2.27. The summed E-state index contributed by atoms with van der Waals surface area (Å²) >= 11 is 0. The smallest absolute Gasteiger partial charge is 0.311 e. The summed E-state index contributed by atoms with van der Waals surface area (Å²) < 4.78 is 5.02. The molecule has 1 rings (SSSR count). The van der Waals surface area contributed by atoms with Gasteiger partial charge in [-0.1, -0.05) is 13.8 Å². The summed E-state index contributed by atoms with van der Waals surface area (Å²) in [6.45, 7) is 3.82. The average Bonchev–Trinajstić information content (AvgIpc) is 2.48. The number of non-ortho nitro benzene ring substituents is 1. The molecule has 0 bridgehead atoms. The molecule has 0 aromatic heterocycles. The maximum Gasteiger partial charge on any atom is 0.311 e. The Kier molecular flexibility index (Phi) is 5.52. The Bertz CT molecular complexity index is 526. The number of ether oxygens (including phenoxy) is 1. The summed E-state index contributed by atoms with van der Waals surface area (Å²) in [5.74, 6) is -0.530. The molecule has 2 N–H and O–H groups in total. The molecule has 7 heteroatoms. The summed E-state index contributed by atoms with van der Waals surface area (Å²) in [5, 5.41) is 23.2. The zero-order valence-corrected chi connectivity index (χ0v) is 12.4. The maximum atomic E-state index is 11.4. The second-order valence-electron chi connectivity index (χ2n) is 4.82. The van der Waals surface area contributed by atoms with Crippen molar-refractivity contribution in [3.8, 4) is 5.75 Å². The first-order chi connectivity index (χ1) is 9.88. The molecule has 1 aromatic carbocycles. The minimum Gasteiger partial charge on any atom is -0.496 e. The van der Waals surface area contributed by atoms with Crippen molar-refractivity contribution in [1.82, 2.24) is 0 Å². The van der Waals surface area contributed by atoms with Gasteiger partial charge in [0.05, 0.1) is 23.5 Å². The van der Waals surface area contributed by atoms with Crippen LogP contribution in [0, 0.1) is 15.5 Å². The lowest BCUT2D eigenvalue weighted by atomic mass is 9.82. The van der Waals surface area contributed by atoms with Gasteiger partial charge in [0, 0.05) is 24.4 Å². The van der Waals surface area contributed by atoms with Crippen LogP contribution < -0.4 is 10.1 Å². The minimum absolute atomic E-state index is 0.106. The molecule has 0 unspecified atom stereocenters. The van der Waals surface area contributed by atoms with E-state index >= 15 is 0 Å². The fraction of sp³-hybridized carbons (Fsp3) is 0.500. The first kappa shape index (κ1) is 16.7. The van der Waals surface area contributed by atoms with Crippen LogP contribution >= 0.6 is 0 Å². The number of carboxylic acid groups (broad SMARTS) is 1. The van der Waals surface area contributed by atoms with E-state index in [1.807, 2.05) is 13.8 Å². The zero-order chi connectivity index (χ0) is 16.0. The van der Waals surface area contributed by atoms with E-state index in [9.17, 15) is 20.0 Å². The molecule has 0 aliphatic carbocycles. The molecule has 1 aromatic rings. The van der Waals surface area contributed by atoms with E-state index in [4.69, 9.17) is 4.74 Å². The number of methoxy groups -OCH3 is 1. The summed E-state index contributed by atoms with van der Waals surface area (Å²) in [6, 6.07) is 4.28. The first-order valence-electron chi connectivity index (χ1n) is 6.69. The molecule has 0 atom stereocenters. The van der Waals surface area contributed by atoms with Crippen LogP contribution in [0.1, 0.15) is 26.7 Å². The van der Waals surface area contributed by atoms with Crippen molar-refractivity contribution in [2.24, 2.45) is 5.41 Å². The van der Waals surface area contributed by atoms with Crippen molar-refractivity contribution in [2.45, 2.75) is 26.7 Å². The maximum absolute atomic E-state index is 11.4. The molecule has 0 heterocycles. The number of nitro groups is 1. The normalized spacial score (nSPS) is 11.0. The summed E-state index contributed by atoms with van der Waals surface area (Å²) in [6.07, 6.45) is 0.940. The van der Waals surface area contributed by atoms with E-state index in [-0.39, 0.29) is 12.2 Å². The molecule has 0 radical (unpaired) electrons. The Balaban J connectivity index is 2.99. The minimum atomic E-state index is -0.891. The molecule has 0 aliphatic heterocycles. The average molecular weight is 296 g/mol. The van der Waals surface area contributed by atoms with Crippen molar-refractivity contribution >= 4 is 17.3 Å². The molecule has 21 heavy (non-hydrogen) atoms. The third-order valence-corrected chi connectivity index (χ3v) is 3.78. The highest BCUT2D eigenvalue weighted by Crippen LogP contribution is 2.30. The largest absolute Gasteiger partial charge is 0.496 e. The third-order valence-electron chi connectivity index (χ3n) is 3.78. The van der Waals surface area contributed by atoms with Crippen molar-refractivity contribution in [3.63, 3.8) is 0 Å². The van der Waals surface area contributed by atoms with Crippen LogP contribution in [0.5, 0.6) is 5.75 Å². The first-order valence-corrected chi connectivity index (χ1v) is 6.69. The van der Waals surface area contributed by atoms with Crippen LogP contribution in [-0.4, -0.2) is 29.7 Å². The number of aliphatic carboxylic acids is 1. The van der Waals surface area contributed by atoms with Gasteiger partial charge in [0.1, 0.15) is 5.75 Å². The number of nitrogens with zero attached hydrogens (tertiary/aromatic N) is 1. The Morgan fingerprint density at radius 1 is 1.38 bits per heavy atom. The van der Waals surface area contributed by atoms with Gasteiger partial charge in [-0.2, -0.15) is 0 Å². The summed E-state index contributed by atoms with van der Waals surface area (Å²) in [4.78, 5) is 21.8. The van der Waals surface area contributed by atoms with Gasteiger partial charge in [-0.05, 0) is 12.8 Å². The molecule has 0 aliphatic rings. The van der Waals surface area contributed by atoms with E-state index < -0.39 is 16.3 Å². The highest BCUT2D eigenvalue weighted by atomic mass is 16.6. The molecule has 116 valence electrons. The molecular weight excluding hydrogens is 276 g/mol. The summed E-state index contributed by atoms with van der Waals surface area (Å²) in [7, 11) is 1.42. The molecule has 7 nitrogen and oxygen atoms in total. The number of hydrogen-bond donors (Lipinski definition) is 2. The van der Waals surface area contributed by atoms with Gasteiger partial charge in [0.25, 0.3) is 5.69 Å². The number of hydrogen-bond acceptors (Lipinski definition) is 5. The fourth-order valence-corrected chi connectivity index (χ4v) is 2.06. The predicted molar refractivity (Wildman–Crippen MR) is 78.8 cm³/mol. The second-order valence-corrected chi connectivity index (χ2v) is 4.82. The van der Waals surface area contributed by atoms with Gasteiger partial charge in [-0.3, -0.25) is 14.9 Å². The van der Waals surface area contributed by atoms with Crippen molar-refractivity contribution in [2.75, 3.05) is 19.0 Å². The third kappa shape index (κ3) is 3.84. The number of carbonyl (C=O) groups is 1. The van der Waals surface area contributed by atoms with Gasteiger partial charge < -0.3 is 15.2 Å². The molecule has 0 saturated heterocycles. The topological polar surface area (TPSA) is 102 Å². The fourth-order valence-electron chi connectivity index (χ4n) is 2.06. The van der Waals surface area contributed by atoms with Gasteiger partial charge in [0.15, 0.2) is 0 Å². The molecule has 0 fully saturated rings. The number of carboxylic acids is 1. The second kappa shape index (κ2) is 6.92. The van der Waals surface area contributed by atoms with Gasteiger partial charge in [0.2, 0.25) is 0 Å². The molecule has 0 saturated carbocycles. The standard InChI is InChI=1S/C14H20N2O5/c1-4-14(5-2,13(17)18)9-15-10-6-11(16(19)20)8-12(7-10)21-3/h6-8,15H,4-5,9H2,1-3H3,(H,17,18). The van der Waals surface area contributed by atoms with Crippen molar-refractivity contribution in [1.29, 1.82) is 0 Å². The zero-order valence-electron chi connectivity index (χ0n) is 12.4. The van der Waals surface area contributed by atoms with Crippen molar-refractivity contribution in [3.05, 3.63) is 28.3 Å². The Morgan fingerprint density at radius 2 is 2.00 bits per heavy atom. The Hall–Kier alpha value is -2.31. The monoisotopic (exact) mass is 296 g/mol. The van der Waals surface area contributed by atoms with Crippen LogP contribution in [0.4, 0.5) is 11.4 Å². The number of anilines is 1. The molecule has 0 amide bonds. The van der Waals surface area contributed by atoms with Crippen LogP contribution in [0.15, 0.2) is 18.2 Å². The predicted octanol–water partition coefficient (Wildman–Crippen LogP) is 2.91. The molecular formula is C14H20N2O5. The van der Waals surface area contributed by atoms with Crippen LogP contribution in [0.2, 0.25) is 0 Å². The molecule has 0 spiro atoms. The Labute approximate surface area is 123 Å². The number of nitrogens with one attached hydrogen (secondary N) is 1. The van der Waals surface area contributed by atoms with E-state index in [1.54, 1.807) is 6.07 Å². The SMILES string of the molecule is CCC(CC)(CNc1cc(OC)cc([N+](=O)[O-])c1)C(=O)O. The van der Waals surface area contributed by atoms with Gasteiger partial charge >= 0.3 is 5.97 Å². The van der Waals surface area contributed by atoms with E-state index in [2.05, 4.69) is 5.32 Å². The Morgan fingerprint density at radius 3 is 2.43 bits per heavy atom. The summed E-state index contributed by atoms with van der Waals surface area (Å²) in [5.41, 5.74) is -0.531. The number of rotatable bonds is 8. The lowest BCUT2D eigenvalue weighted by molar-refractivity contribution is -0.384. The van der Waals surface area contributed by atoms with Gasteiger partial charge in [-0.15, -0.1) is 0 Å².